The molecule has 0 saturated carbocycles. The quantitative estimate of drug-likeness (QED) is 0.0188. The van der Waals surface area contributed by atoms with Gasteiger partial charge in [0, 0.05) is 332 Å². The second kappa shape index (κ2) is 80.7. The van der Waals surface area contributed by atoms with Gasteiger partial charge in [0.2, 0.25) is 65.0 Å². The number of aromatic nitrogens is 3. The van der Waals surface area contributed by atoms with Crippen LogP contribution in [0.25, 0.3) is 0 Å². The molecule has 0 atom stereocenters. The number of allylic oxidation sites excluding steroid dienone is 2. The predicted molar refractivity (Wildman–Crippen MR) is 484 cm³/mol. The molecule has 124 heavy (non-hydrogen) atoms. The summed E-state index contributed by atoms with van der Waals surface area (Å²) in [5.41, 5.74) is 28.5. The van der Waals surface area contributed by atoms with Crippen LogP contribution in [0.15, 0.2) is 18.3 Å². The van der Waals surface area contributed by atoms with Crippen LogP contribution in [0.3, 0.4) is 0 Å². The lowest BCUT2D eigenvalue weighted by molar-refractivity contribution is -0.123. The molecule has 0 spiro atoms. The van der Waals surface area contributed by atoms with Crippen molar-refractivity contribution >= 4 is 77.6 Å². The summed E-state index contributed by atoms with van der Waals surface area (Å²) in [4.78, 5) is 180. The van der Waals surface area contributed by atoms with Crippen LogP contribution in [0, 0.1) is 0 Å². The first-order valence-corrected chi connectivity index (χ1v) is 46.1. The Bertz CT molecular complexity index is 3010. The Labute approximate surface area is 739 Å². The van der Waals surface area contributed by atoms with Gasteiger partial charge in [0.1, 0.15) is 12.6 Å². The number of rotatable bonds is 87. The molecule has 1 heterocycles. The Morgan fingerprint density at radius 2 is 0.516 bits per heavy atom. The zero-order valence-electron chi connectivity index (χ0n) is 75.7. The maximum absolute atomic E-state index is 13.9. The Morgan fingerprint density at radius 3 is 0.774 bits per heavy atom. The summed E-state index contributed by atoms with van der Waals surface area (Å²) in [5.74, 6) is -2.33. The van der Waals surface area contributed by atoms with Gasteiger partial charge in [-0.3, -0.25) is 62.3 Å². The molecule has 0 aromatic carbocycles. The van der Waals surface area contributed by atoms with E-state index < -0.39 is 0 Å². The minimum atomic E-state index is -0.277. The number of aryl methyl sites for hydroxylation is 1. The summed E-state index contributed by atoms with van der Waals surface area (Å²) in [5, 5.41) is 40.6. The number of unbranched alkanes of at least 4 members (excludes halogenated alkanes) is 12. The van der Waals surface area contributed by atoms with Gasteiger partial charge < -0.3 is 126 Å². The second-order valence-electron chi connectivity index (χ2n) is 31.2. The van der Waals surface area contributed by atoms with E-state index in [0.29, 0.717) is 156 Å². The van der Waals surface area contributed by atoms with Crippen LogP contribution in [0.4, 0.5) is 0 Å². The molecule has 0 fully saturated rings. The summed E-state index contributed by atoms with van der Waals surface area (Å²) < 4.78 is 1.83. The third-order valence-corrected chi connectivity index (χ3v) is 20.6. The zero-order valence-corrected chi connectivity index (χ0v) is 75.7. The standard InChI is InChI=1S/C85H164N26O13/c1-3-5-6-7-8-9-10-11-12-13-14-15-16-17-18-19-52-111-73-74(102-103-111)72-110(62-31-84(123)100-47-68-108(58-27-80(119)96-43-64-104(49-4-2)53-22-75(114)91-38-33-86)59-28-81(120)97-44-65-105(50-20-70-112)54-23-76(115)92-39-34-87)63-32-85(124)101-48-69-109(60-29-82(121)98-45-66-106(51-21-71-113)55-24-77(116)93-40-35-88)61-30-83(122)99-46-67-107(56-25-78(117)94-41-36-89)57-26-79(118)95-42-37-90/h11-12,70-71,73H,3-10,13-69,72,86-90H2,1-2H3,(H,91,114)(H,92,115)(H,93,116)(H,94,117)(H,95,118)(H,96,119)(H,97,120)(H,98,121)(H,99,122)(H,100,123)(H,101,124)/b12-11-. The lowest BCUT2D eigenvalue weighted by Crippen LogP contribution is -2.42. The number of nitrogens with two attached hydrogens (primary N) is 5. The highest BCUT2D eigenvalue weighted by Crippen LogP contribution is 2.13. The van der Waals surface area contributed by atoms with E-state index in [1.165, 1.54) is 57.8 Å². The minimum absolute atomic E-state index is 0.0407. The van der Waals surface area contributed by atoms with Crippen LogP contribution in [-0.4, -0.2) is 362 Å². The van der Waals surface area contributed by atoms with E-state index in [9.17, 15) is 62.3 Å². The van der Waals surface area contributed by atoms with E-state index in [-0.39, 0.29) is 240 Å². The fraction of sp³-hybridized carbons (Fsp3) is 0.800. The topological polar surface area (TPSA) is 538 Å². The van der Waals surface area contributed by atoms with Crippen molar-refractivity contribution in [1.29, 1.82) is 0 Å². The molecule has 0 bridgehead atoms. The van der Waals surface area contributed by atoms with Gasteiger partial charge in [-0.2, -0.15) is 0 Å². The van der Waals surface area contributed by atoms with Crippen molar-refractivity contribution in [3.05, 3.63) is 24.0 Å². The van der Waals surface area contributed by atoms with Crippen molar-refractivity contribution in [2.24, 2.45) is 28.7 Å². The Hall–Kier alpha value is -8.09. The minimum Gasteiger partial charge on any atom is -0.355 e. The van der Waals surface area contributed by atoms with Crippen molar-refractivity contribution in [2.75, 3.05) is 236 Å². The van der Waals surface area contributed by atoms with Gasteiger partial charge in [0.25, 0.3) is 0 Å². The number of nitrogens with zero attached hydrogens (tertiary/aromatic N) is 10. The summed E-state index contributed by atoms with van der Waals surface area (Å²) in [7, 11) is 0. The maximum Gasteiger partial charge on any atom is 0.221 e. The van der Waals surface area contributed by atoms with Crippen molar-refractivity contribution < 1.29 is 62.3 Å². The molecular weight excluding hydrogens is 1590 g/mol. The second-order valence-corrected chi connectivity index (χ2v) is 31.2. The fourth-order valence-corrected chi connectivity index (χ4v) is 13.3. The number of hydrogen-bond donors (Lipinski definition) is 16. The molecule has 0 radical (unpaired) electrons. The summed E-state index contributed by atoms with van der Waals surface area (Å²) in [6.45, 7) is 17.2. The van der Waals surface area contributed by atoms with Crippen LogP contribution in [0.2, 0.25) is 0 Å². The predicted octanol–water partition coefficient (Wildman–Crippen LogP) is -2.12. The monoisotopic (exact) mass is 1760 g/mol. The average Bonchev–Trinajstić information content (AvgIpc) is 1.74. The van der Waals surface area contributed by atoms with Crippen LogP contribution < -0.4 is 87.2 Å². The largest absolute Gasteiger partial charge is 0.355 e. The SMILES string of the molecule is CCCCCCCC/C=C\CCCCCCCCn1cc(CN(CCC(=O)NCCN(CCC(=O)NCCN(CCC)CCC(=O)NCCN)CCC(=O)NCCN(CCC=O)CCC(=O)NCCN)CCC(=O)NCCN(CCC(=O)NCCN(CCC=O)CCC(=O)NCCN)CCC(=O)NCCN(CCC(=O)NCCN)CCC(=O)NCCN)nn1. The van der Waals surface area contributed by atoms with Crippen molar-refractivity contribution in [3.63, 3.8) is 0 Å². The Balaban J connectivity index is 3.40. The van der Waals surface area contributed by atoms with Gasteiger partial charge in [-0.1, -0.05) is 89.0 Å². The molecule has 1 rings (SSSR count). The molecule has 21 N–H and O–H groups in total. The molecule has 0 aliphatic rings. The van der Waals surface area contributed by atoms with E-state index >= 15 is 0 Å². The molecule has 1 aromatic heterocycles. The Morgan fingerprint density at radius 1 is 0.282 bits per heavy atom. The number of nitrogens with one attached hydrogen (secondary N) is 11. The zero-order chi connectivity index (χ0) is 90.9. The highest BCUT2D eigenvalue weighted by atomic mass is 16.2. The summed E-state index contributed by atoms with van der Waals surface area (Å²) >= 11 is 0. The third kappa shape index (κ3) is 69.2. The fourth-order valence-electron chi connectivity index (χ4n) is 13.3. The lowest BCUT2D eigenvalue weighted by atomic mass is 10.1. The normalized spacial score (nSPS) is 11.5. The molecule has 39 nitrogen and oxygen atoms in total. The molecule has 0 unspecified atom stereocenters. The van der Waals surface area contributed by atoms with E-state index in [1.807, 2.05) is 47.2 Å². The van der Waals surface area contributed by atoms with Gasteiger partial charge in [-0.05, 0) is 45.1 Å². The maximum atomic E-state index is 13.9. The number of aldehydes is 2. The first kappa shape index (κ1) is 114. The highest BCUT2D eigenvalue weighted by molar-refractivity contribution is 5.80. The molecular formula is C85H164N26O13. The summed E-state index contributed by atoms with van der Waals surface area (Å²) in [6, 6.07) is 0. The first-order valence-electron chi connectivity index (χ1n) is 46.1. The number of hydrogen-bond acceptors (Lipinski definition) is 27. The van der Waals surface area contributed by atoms with Crippen LogP contribution in [0.1, 0.15) is 199 Å². The molecule has 11 amide bonds. The molecule has 712 valence electrons. The summed E-state index contributed by atoms with van der Waals surface area (Å²) in [6.07, 6.45) is 27.7. The van der Waals surface area contributed by atoms with Gasteiger partial charge in [0.05, 0.1) is 5.69 Å². The molecule has 0 saturated heterocycles. The van der Waals surface area contributed by atoms with E-state index in [4.69, 9.17) is 28.7 Å². The smallest absolute Gasteiger partial charge is 0.221 e. The van der Waals surface area contributed by atoms with Crippen molar-refractivity contribution in [2.45, 2.75) is 207 Å². The average molecular weight is 1760 g/mol. The number of amides is 11. The number of carbonyl (C=O) groups is 13. The van der Waals surface area contributed by atoms with Crippen LogP contribution >= 0.6 is 0 Å². The molecule has 0 aliphatic carbocycles. The third-order valence-electron chi connectivity index (χ3n) is 20.6. The number of carbonyl (C=O) groups excluding carboxylic acids is 13. The van der Waals surface area contributed by atoms with E-state index in [0.717, 1.165) is 57.6 Å². The van der Waals surface area contributed by atoms with Crippen molar-refractivity contribution in [1.82, 2.24) is 108 Å². The lowest BCUT2D eigenvalue weighted by Gasteiger charge is -2.24. The van der Waals surface area contributed by atoms with Gasteiger partial charge in [0.15, 0.2) is 0 Å². The highest BCUT2D eigenvalue weighted by Gasteiger charge is 2.21. The van der Waals surface area contributed by atoms with Gasteiger partial charge in [-0.15, -0.1) is 5.10 Å². The molecule has 0 aliphatic heterocycles. The van der Waals surface area contributed by atoms with Crippen LogP contribution in [0.5, 0.6) is 0 Å². The van der Waals surface area contributed by atoms with Gasteiger partial charge >= 0.3 is 0 Å². The van der Waals surface area contributed by atoms with Crippen LogP contribution in [-0.2, 0) is 75.4 Å². The van der Waals surface area contributed by atoms with Crippen molar-refractivity contribution in [3.8, 4) is 0 Å². The first-order chi connectivity index (χ1) is 60.2. The van der Waals surface area contributed by atoms with Gasteiger partial charge in [-0.25, -0.2) is 0 Å². The molecule has 1 aromatic rings. The van der Waals surface area contributed by atoms with E-state index in [1.54, 1.807) is 0 Å². The van der Waals surface area contributed by atoms with E-state index in [2.05, 4.69) is 92.8 Å². The molecule has 39 heteroatoms. The Kier molecular flexibility index (Phi) is 74.2.